The van der Waals surface area contributed by atoms with Gasteiger partial charge in [0.25, 0.3) is 0 Å². The first kappa shape index (κ1) is 10.0. The van der Waals surface area contributed by atoms with E-state index < -0.39 is 0 Å². The maximum absolute atomic E-state index is 8.43. The van der Waals surface area contributed by atoms with Gasteiger partial charge in [-0.15, -0.1) is 11.8 Å². The number of hydrogen-bond acceptors (Lipinski definition) is 4. The van der Waals surface area contributed by atoms with Crippen molar-refractivity contribution in [1.82, 2.24) is 4.98 Å². The highest BCUT2D eigenvalue weighted by molar-refractivity contribution is 7.99. The molecule has 68 valence electrons. The molecule has 13 heavy (non-hydrogen) atoms. The molecule has 1 rings (SSSR count). The van der Waals surface area contributed by atoms with Gasteiger partial charge in [0, 0.05) is 11.9 Å². The minimum atomic E-state index is -0.351. The Hall–Kier alpha value is -1.05. The Morgan fingerprint density at radius 3 is 3.08 bits per heavy atom. The van der Waals surface area contributed by atoms with E-state index in [-0.39, 0.29) is 6.04 Å². The summed E-state index contributed by atoms with van der Waals surface area (Å²) >= 11 is 1.62. The van der Waals surface area contributed by atoms with Crippen LogP contribution in [0.25, 0.3) is 0 Å². The Labute approximate surface area is 82.0 Å². The highest BCUT2D eigenvalue weighted by Gasteiger charge is 2.00. The van der Waals surface area contributed by atoms with Crippen LogP contribution in [0.5, 0.6) is 0 Å². The molecule has 0 aromatic carbocycles. The number of nitriles is 1. The highest BCUT2D eigenvalue weighted by atomic mass is 32.2. The van der Waals surface area contributed by atoms with E-state index >= 15 is 0 Å². The van der Waals surface area contributed by atoms with Gasteiger partial charge in [-0.05, 0) is 18.6 Å². The molecule has 0 radical (unpaired) electrons. The second kappa shape index (κ2) is 5.57. The van der Waals surface area contributed by atoms with Crippen molar-refractivity contribution in [3.63, 3.8) is 0 Å². The average Bonchev–Trinajstić information content (AvgIpc) is 2.19. The van der Waals surface area contributed by atoms with Crippen LogP contribution in [0.2, 0.25) is 0 Å². The number of pyridine rings is 1. The number of nitrogens with zero attached hydrogens (tertiary/aromatic N) is 2. The summed E-state index contributed by atoms with van der Waals surface area (Å²) in [6.07, 6.45) is 2.46. The first-order valence-corrected chi connectivity index (χ1v) is 5.00. The third-order valence-electron chi connectivity index (χ3n) is 1.48. The van der Waals surface area contributed by atoms with Crippen molar-refractivity contribution in [2.24, 2.45) is 5.73 Å². The first-order chi connectivity index (χ1) is 6.33. The lowest BCUT2D eigenvalue weighted by molar-refractivity contribution is 0.802. The molecule has 0 saturated carbocycles. The molecule has 0 saturated heterocycles. The van der Waals surface area contributed by atoms with E-state index in [1.165, 1.54) is 0 Å². The van der Waals surface area contributed by atoms with E-state index in [0.717, 1.165) is 10.8 Å². The summed E-state index contributed by atoms with van der Waals surface area (Å²) in [5.41, 5.74) is 5.44. The second-order valence-electron chi connectivity index (χ2n) is 2.54. The maximum atomic E-state index is 8.43. The summed E-state index contributed by atoms with van der Waals surface area (Å²) in [6.45, 7) is 0. The lowest BCUT2D eigenvalue weighted by Gasteiger charge is -2.01. The normalized spacial score (nSPS) is 12.0. The van der Waals surface area contributed by atoms with Crippen LogP contribution in [0.3, 0.4) is 0 Å². The predicted molar refractivity (Wildman–Crippen MR) is 53.2 cm³/mol. The second-order valence-corrected chi connectivity index (χ2v) is 3.66. The molecular formula is C9H11N3S. The average molecular weight is 193 g/mol. The fourth-order valence-electron chi connectivity index (χ4n) is 0.787. The number of nitrogens with two attached hydrogens (primary N) is 1. The monoisotopic (exact) mass is 193 g/mol. The molecule has 2 N–H and O–H groups in total. The molecule has 0 aliphatic rings. The highest BCUT2D eigenvalue weighted by Crippen LogP contribution is 2.14. The quantitative estimate of drug-likeness (QED) is 0.734. The third kappa shape index (κ3) is 3.92. The summed E-state index contributed by atoms with van der Waals surface area (Å²) < 4.78 is 0. The molecule has 0 amide bonds. The molecule has 0 aliphatic heterocycles. The van der Waals surface area contributed by atoms with Crippen molar-refractivity contribution in [1.29, 1.82) is 5.26 Å². The molecule has 4 heteroatoms. The topological polar surface area (TPSA) is 62.7 Å². The van der Waals surface area contributed by atoms with Gasteiger partial charge in [0.15, 0.2) is 0 Å². The van der Waals surface area contributed by atoms with Crippen molar-refractivity contribution >= 4 is 11.8 Å². The van der Waals surface area contributed by atoms with Gasteiger partial charge in [-0.25, -0.2) is 4.98 Å². The van der Waals surface area contributed by atoms with Crippen molar-refractivity contribution in [3.8, 4) is 6.07 Å². The minimum Gasteiger partial charge on any atom is -0.316 e. The summed E-state index contributed by atoms with van der Waals surface area (Å²) in [4.78, 5) is 4.14. The minimum absolute atomic E-state index is 0.351. The Kier molecular flexibility index (Phi) is 4.30. The van der Waals surface area contributed by atoms with E-state index in [4.69, 9.17) is 11.0 Å². The molecule has 1 aromatic heterocycles. The van der Waals surface area contributed by atoms with Gasteiger partial charge >= 0.3 is 0 Å². The molecule has 1 unspecified atom stereocenters. The Morgan fingerprint density at radius 2 is 2.46 bits per heavy atom. The van der Waals surface area contributed by atoms with Crippen LogP contribution in [-0.2, 0) is 0 Å². The predicted octanol–water partition coefficient (Wildman–Crippen LogP) is 1.41. The molecule has 0 aliphatic carbocycles. The van der Waals surface area contributed by atoms with Crippen molar-refractivity contribution < 1.29 is 0 Å². The van der Waals surface area contributed by atoms with E-state index in [0.29, 0.717) is 6.42 Å². The van der Waals surface area contributed by atoms with E-state index in [1.807, 2.05) is 24.3 Å². The van der Waals surface area contributed by atoms with Gasteiger partial charge in [-0.1, -0.05) is 6.07 Å². The molecule has 0 bridgehead atoms. The molecule has 1 atom stereocenters. The van der Waals surface area contributed by atoms with Gasteiger partial charge in [0.1, 0.15) is 0 Å². The molecule has 0 spiro atoms. The molecular weight excluding hydrogens is 182 g/mol. The Bertz CT molecular complexity index is 281. The summed E-state index contributed by atoms with van der Waals surface area (Å²) in [5.74, 6) is 0.839. The molecule has 1 aromatic rings. The zero-order valence-electron chi connectivity index (χ0n) is 7.18. The number of rotatable bonds is 4. The SMILES string of the molecule is N#CC(N)CCSc1ccccn1. The van der Waals surface area contributed by atoms with Gasteiger partial charge in [-0.2, -0.15) is 5.26 Å². The third-order valence-corrected chi connectivity index (χ3v) is 2.46. The van der Waals surface area contributed by atoms with Crippen LogP contribution in [0.1, 0.15) is 6.42 Å². The lowest BCUT2D eigenvalue weighted by Crippen LogP contribution is -2.17. The molecule has 0 fully saturated rings. The van der Waals surface area contributed by atoms with Gasteiger partial charge in [0.2, 0.25) is 0 Å². The fraction of sp³-hybridized carbons (Fsp3) is 0.333. The van der Waals surface area contributed by atoms with Crippen LogP contribution in [0, 0.1) is 11.3 Å². The lowest BCUT2D eigenvalue weighted by atomic mass is 10.3. The van der Waals surface area contributed by atoms with E-state index in [1.54, 1.807) is 18.0 Å². The van der Waals surface area contributed by atoms with Crippen LogP contribution in [0.15, 0.2) is 29.4 Å². The van der Waals surface area contributed by atoms with Crippen LogP contribution < -0.4 is 5.73 Å². The number of thioether (sulfide) groups is 1. The van der Waals surface area contributed by atoms with E-state index in [9.17, 15) is 0 Å². The summed E-state index contributed by atoms with van der Waals surface area (Å²) in [6, 6.07) is 7.42. The maximum Gasteiger partial charge on any atom is 0.0959 e. The zero-order valence-corrected chi connectivity index (χ0v) is 8.00. The van der Waals surface area contributed by atoms with Crippen molar-refractivity contribution in [2.75, 3.05) is 5.75 Å². The number of aromatic nitrogens is 1. The fourth-order valence-corrected chi connectivity index (χ4v) is 1.68. The van der Waals surface area contributed by atoms with Gasteiger partial charge < -0.3 is 5.73 Å². The number of hydrogen-bond donors (Lipinski definition) is 1. The Morgan fingerprint density at radius 1 is 1.62 bits per heavy atom. The summed E-state index contributed by atoms with van der Waals surface area (Å²) in [7, 11) is 0. The molecule has 1 heterocycles. The van der Waals surface area contributed by atoms with E-state index in [2.05, 4.69) is 4.98 Å². The van der Waals surface area contributed by atoms with Gasteiger partial charge in [-0.3, -0.25) is 0 Å². The van der Waals surface area contributed by atoms with Crippen LogP contribution >= 0.6 is 11.8 Å². The van der Waals surface area contributed by atoms with Crippen molar-refractivity contribution in [2.45, 2.75) is 17.5 Å². The first-order valence-electron chi connectivity index (χ1n) is 4.02. The van der Waals surface area contributed by atoms with Crippen LogP contribution in [0.4, 0.5) is 0 Å². The zero-order chi connectivity index (χ0) is 9.52. The molecule has 3 nitrogen and oxygen atoms in total. The summed E-state index contributed by atoms with van der Waals surface area (Å²) in [5, 5.41) is 9.41. The Balaban J connectivity index is 2.25. The van der Waals surface area contributed by atoms with Gasteiger partial charge in [0.05, 0.1) is 17.1 Å². The standard InChI is InChI=1S/C9H11N3S/c10-7-8(11)4-6-13-9-3-1-2-5-12-9/h1-3,5,8H,4,6,11H2. The van der Waals surface area contributed by atoms with Crippen LogP contribution in [-0.4, -0.2) is 16.8 Å². The smallest absolute Gasteiger partial charge is 0.0959 e. The largest absolute Gasteiger partial charge is 0.316 e. The van der Waals surface area contributed by atoms with Crippen molar-refractivity contribution in [3.05, 3.63) is 24.4 Å².